The van der Waals surface area contributed by atoms with E-state index in [2.05, 4.69) is 49.2 Å². The summed E-state index contributed by atoms with van der Waals surface area (Å²) in [7, 11) is 0. The van der Waals surface area contributed by atoms with E-state index in [-0.39, 0.29) is 11.8 Å². The van der Waals surface area contributed by atoms with Crippen molar-refractivity contribution in [3.8, 4) is 0 Å². The lowest BCUT2D eigenvalue weighted by Gasteiger charge is -2.30. The minimum absolute atomic E-state index is 0.191. The van der Waals surface area contributed by atoms with Crippen LogP contribution in [0.2, 0.25) is 0 Å². The van der Waals surface area contributed by atoms with Crippen LogP contribution in [0.5, 0.6) is 0 Å². The van der Waals surface area contributed by atoms with E-state index in [1.54, 1.807) is 11.3 Å². The van der Waals surface area contributed by atoms with Gasteiger partial charge in [0.15, 0.2) is 10.8 Å². The number of aryl methyl sites for hydroxylation is 2. The van der Waals surface area contributed by atoms with E-state index in [9.17, 15) is 4.79 Å². The highest BCUT2D eigenvalue weighted by molar-refractivity contribution is 7.99. The van der Waals surface area contributed by atoms with Gasteiger partial charge in [-0.25, -0.2) is 4.98 Å². The number of carbonyl (C=O) groups excluding carboxylic acids is 1. The summed E-state index contributed by atoms with van der Waals surface area (Å²) in [6.07, 6.45) is 2.20. The van der Waals surface area contributed by atoms with Gasteiger partial charge >= 0.3 is 0 Å². The second-order valence-electron chi connectivity index (χ2n) is 8.08. The highest BCUT2D eigenvalue weighted by atomic mass is 32.2. The number of likely N-dealkylation sites (tertiary alicyclic amines) is 1. The highest BCUT2D eigenvalue weighted by Gasteiger charge is 2.23. The monoisotopic (exact) mass is 417 g/mol. The number of amides is 1. The number of fused-ring (bicyclic) bond motifs is 3. The van der Waals surface area contributed by atoms with Gasteiger partial charge in [0.1, 0.15) is 10.7 Å². The molecule has 4 rings (SSSR count). The van der Waals surface area contributed by atoms with Gasteiger partial charge < -0.3 is 4.90 Å². The zero-order chi connectivity index (χ0) is 20.0. The Morgan fingerprint density at radius 2 is 1.96 bits per heavy atom. The maximum absolute atomic E-state index is 12.7. The topological polar surface area (TPSA) is 63.4 Å². The summed E-state index contributed by atoms with van der Waals surface area (Å²) in [6, 6.07) is 0. The molecule has 0 atom stereocenters. The third kappa shape index (κ3) is 3.41. The first-order chi connectivity index (χ1) is 13.4. The Balaban J connectivity index is 1.66. The molecular weight excluding hydrogens is 390 g/mol. The Bertz CT molecular complexity index is 1030. The fourth-order valence-corrected chi connectivity index (χ4v) is 5.57. The van der Waals surface area contributed by atoms with Crippen LogP contribution in [-0.4, -0.2) is 49.2 Å². The number of carbonyl (C=O) groups is 1. The van der Waals surface area contributed by atoms with Crippen molar-refractivity contribution >= 4 is 44.9 Å². The second-order valence-corrected chi connectivity index (χ2v) is 10.2. The van der Waals surface area contributed by atoms with Gasteiger partial charge in [-0.2, -0.15) is 0 Å². The molecular formula is C20H27N5OS2. The Hall–Kier alpha value is -1.67. The molecule has 0 saturated carbocycles. The average molecular weight is 418 g/mol. The number of thiophene rings is 1. The molecule has 150 valence electrons. The molecule has 6 nitrogen and oxygen atoms in total. The van der Waals surface area contributed by atoms with Crippen LogP contribution in [0.25, 0.3) is 15.9 Å². The lowest BCUT2D eigenvalue weighted by atomic mass is 9.99. The third-order valence-electron chi connectivity index (χ3n) is 5.65. The van der Waals surface area contributed by atoms with Gasteiger partial charge in [0.05, 0.1) is 11.1 Å². The molecule has 1 aliphatic heterocycles. The van der Waals surface area contributed by atoms with Crippen molar-refractivity contribution in [2.45, 2.75) is 58.5 Å². The number of aromatic nitrogens is 4. The van der Waals surface area contributed by atoms with Crippen molar-refractivity contribution in [2.24, 2.45) is 5.92 Å². The molecule has 0 aromatic carbocycles. The third-order valence-corrected chi connectivity index (χ3v) is 7.66. The van der Waals surface area contributed by atoms with Crippen LogP contribution in [0.3, 0.4) is 0 Å². The van der Waals surface area contributed by atoms with Gasteiger partial charge in [0, 0.05) is 23.9 Å². The van der Waals surface area contributed by atoms with Gasteiger partial charge in [-0.3, -0.25) is 9.20 Å². The smallest absolute Gasteiger partial charge is 0.233 e. The second kappa shape index (κ2) is 7.63. The first-order valence-electron chi connectivity index (χ1n) is 9.92. The first kappa shape index (κ1) is 19.6. The van der Waals surface area contributed by atoms with Crippen molar-refractivity contribution in [3.05, 3.63) is 16.3 Å². The number of hydrogen-bond donors (Lipinski definition) is 0. The SMILES string of the molecule is Cc1sc2nc(C(C)C)n3c(SCC(=O)N4CCC(C)CC4)nnc3c2c1C. The summed E-state index contributed by atoms with van der Waals surface area (Å²) in [4.78, 5) is 21.9. The Morgan fingerprint density at radius 1 is 1.25 bits per heavy atom. The predicted molar refractivity (Wildman–Crippen MR) is 115 cm³/mol. The molecule has 1 aliphatic rings. The van der Waals surface area contributed by atoms with Crippen LogP contribution in [-0.2, 0) is 4.79 Å². The van der Waals surface area contributed by atoms with E-state index >= 15 is 0 Å². The number of nitrogens with zero attached hydrogens (tertiary/aromatic N) is 5. The van der Waals surface area contributed by atoms with Crippen LogP contribution in [0.1, 0.15) is 55.8 Å². The molecule has 0 unspecified atom stereocenters. The van der Waals surface area contributed by atoms with E-state index in [0.717, 1.165) is 58.7 Å². The number of thioether (sulfide) groups is 1. The van der Waals surface area contributed by atoms with Crippen LogP contribution in [0, 0.1) is 19.8 Å². The minimum atomic E-state index is 0.191. The van der Waals surface area contributed by atoms with Gasteiger partial charge in [-0.15, -0.1) is 21.5 Å². The molecule has 3 aromatic rings. The largest absolute Gasteiger partial charge is 0.342 e. The summed E-state index contributed by atoms with van der Waals surface area (Å²) < 4.78 is 2.06. The Morgan fingerprint density at radius 3 is 2.64 bits per heavy atom. The number of hydrogen-bond acceptors (Lipinski definition) is 6. The van der Waals surface area contributed by atoms with E-state index in [4.69, 9.17) is 4.98 Å². The fraction of sp³-hybridized carbons (Fsp3) is 0.600. The molecule has 1 amide bonds. The molecule has 0 N–H and O–H groups in total. The molecule has 4 heterocycles. The fourth-order valence-electron chi connectivity index (χ4n) is 3.70. The summed E-state index contributed by atoms with van der Waals surface area (Å²) >= 11 is 3.19. The van der Waals surface area contributed by atoms with Gasteiger partial charge in [0.25, 0.3) is 0 Å². The maximum atomic E-state index is 12.7. The van der Waals surface area contributed by atoms with E-state index in [1.165, 1.54) is 22.2 Å². The Labute approximate surface area is 173 Å². The lowest BCUT2D eigenvalue weighted by Crippen LogP contribution is -2.38. The summed E-state index contributed by atoms with van der Waals surface area (Å²) in [5, 5.41) is 10.8. The molecule has 0 aliphatic carbocycles. The first-order valence-corrected chi connectivity index (χ1v) is 11.7. The van der Waals surface area contributed by atoms with Crippen molar-refractivity contribution in [1.82, 2.24) is 24.5 Å². The predicted octanol–water partition coefficient (Wildman–Crippen LogP) is 4.43. The van der Waals surface area contributed by atoms with Crippen molar-refractivity contribution in [1.29, 1.82) is 0 Å². The van der Waals surface area contributed by atoms with Crippen molar-refractivity contribution < 1.29 is 4.79 Å². The quantitative estimate of drug-likeness (QED) is 0.588. The molecule has 0 bridgehead atoms. The minimum Gasteiger partial charge on any atom is -0.342 e. The standard InChI is InChI=1S/C20H27N5OS2/c1-11(2)17-21-19-16(13(4)14(5)28-19)18-22-23-20(25(17)18)27-10-15(26)24-8-6-12(3)7-9-24/h11-12H,6-10H2,1-5H3. The van der Waals surface area contributed by atoms with Crippen LogP contribution in [0.4, 0.5) is 0 Å². The van der Waals surface area contributed by atoms with Crippen molar-refractivity contribution in [3.63, 3.8) is 0 Å². The number of rotatable bonds is 4. The Kier molecular flexibility index (Phi) is 5.35. The summed E-state index contributed by atoms with van der Waals surface area (Å²) in [6.45, 7) is 12.5. The lowest BCUT2D eigenvalue weighted by molar-refractivity contribution is -0.129. The van der Waals surface area contributed by atoms with Gasteiger partial charge in [0.2, 0.25) is 5.91 Å². The number of piperidine rings is 1. The van der Waals surface area contributed by atoms with Gasteiger partial charge in [-0.1, -0.05) is 32.5 Å². The van der Waals surface area contributed by atoms with E-state index in [0.29, 0.717) is 5.75 Å². The maximum Gasteiger partial charge on any atom is 0.233 e. The normalized spacial score (nSPS) is 16.0. The summed E-state index contributed by atoms with van der Waals surface area (Å²) in [5.74, 6) is 2.50. The molecule has 0 spiro atoms. The molecule has 0 radical (unpaired) electrons. The molecule has 1 saturated heterocycles. The zero-order valence-electron chi connectivity index (χ0n) is 17.2. The highest BCUT2D eigenvalue weighted by Crippen LogP contribution is 2.34. The molecule has 1 fully saturated rings. The van der Waals surface area contributed by atoms with Crippen LogP contribution >= 0.6 is 23.1 Å². The zero-order valence-corrected chi connectivity index (χ0v) is 18.8. The summed E-state index contributed by atoms with van der Waals surface area (Å²) in [5.41, 5.74) is 2.08. The van der Waals surface area contributed by atoms with Crippen molar-refractivity contribution in [2.75, 3.05) is 18.8 Å². The van der Waals surface area contributed by atoms with Gasteiger partial charge in [-0.05, 0) is 38.2 Å². The van der Waals surface area contributed by atoms with E-state index in [1.807, 2.05) is 4.90 Å². The molecule has 28 heavy (non-hydrogen) atoms. The molecule has 8 heteroatoms. The average Bonchev–Trinajstić information content (AvgIpc) is 3.20. The van der Waals surface area contributed by atoms with Crippen LogP contribution in [0.15, 0.2) is 5.16 Å². The van der Waals surface area contributed by atoms with Crippen LogP contribution < -0.4 is 0 Å². The molecule has 3 aromatic heterocycles. The van der Waals surface area contributed by atoms with E-state index < -0.39 is 0 Å².